The largest absolute Gasteiger partial charge is 0.432 e. The zero-order valence-corrected chi connectivity index (χ0v) is 19.3. The highest BCUT2D eigenvalue weighted by Crippen LogP contribution is 2.41. The van der Waals surface area contributed by atoms with Crippen molar-refractivity contribution in [3.63, 3.8) is 0 Å². The summed E-state index contributed by atoms with van der Waals surface area (Å²) < 4.78 is 90.7. The second kappa shape index (κ2) is 10.3. The molecule has 3 aromatic rings. The van der Waals surface area contributed by atoms with Crippen LogP contribution in [0.15, 0.2) is 54.6 Å². The van der Waals surface area contributed by atoms with E-state index in [0.717, 1.165) is 43.9 Å². The molecule has 1 nitrogen and oxygen atoms in total. The molecule has 0 atom stereocenters. The van der Waals surface area contributed by atoms with Crippen molar-refractivity contribution in [1.29, 1.82) is 0 Å². The van der Waals surface area contributed by atoms with Crippen molar-refractivity contribution >= 4 is 0 Å². The van der Waals surface area contributed by atoms with Crippen LogP contribution in [-0.2, 0) is 0 Å². The summed E-state index contributed by atoms with van der Waals surface area (Å²) in [6.45, 7) is 2.09. The molecule has 0 bridgehead atoms. The molecule has 186 valence electrons. The van der Waals surface area contributed by atoms with Gasteiger partial charge in [0, 0.05) is 11.1 Å². The Labute approximate surface area is 200 Å². The first-order valence-corrected chi connectivity index (χ1v) is 11.8. The van der Waals surface area contributed by atoms with Crippen molar-refractivity contribution in [3.8, 4) is 28.0 Å². The van der Waals surface area contributed by atoms with Gasteiger partial charge in [-0.25, -0.2) is 17.6 Å². The second-order valence-electron chi connectivity index (χ2n) is 9.11. The standard InChI is InChI=1S/C28H26F6O/c1-2-3-17-4-9-20(10-5-17)28(33,34)35-21-11-6-18(7-12-21)22-13-14-23(27(32)26(22)31)19-8-15-24(29)25(30)16-19/h6-8,11-17,20H,2-5,9-10H2,1H3. The Hall–Kier alpha value is -2.96. The zero-order valence-electron chi connectivity index (χ0n) is 19.3. The maximum Gasteiger partial charge on any atom is 0.400 e. The predicted molar refractivity (Wildman–Crippen MR) is 123 cm³/mol. The van der Waals surface area contributed by atoms with Crippen LogP contribution in [0.1, 0.15) is 45.4 Å². The molecule has 1 saturated carbocycles. The minimum atomic E-state index is -3.32. The van der Waals surface area contributed by atoms with Crippen LogP contribution in [0.25, 0.3) is 22.3 Å². The third kappa shape index (κ3) is 5.49. The Bertz CT molecular complexity index is 1170. The Morgan fingerprint density at radius 3 is 1.89 bits per heavy atom. The monoisotopic (exact) mass is 492 g/mol. The van der Waals surface area contributed by atoms with Crippen LogP contribution in [0.4, 0.5) is 26.3 Å². The molecule has 1 aliphatic carbocycles. The van der Waals surface area contributed by atoms with E-state index in [9.17, 15) is 26.3 Å². The van der Waals surface area contributed by atoms with E-state index in [1.807, 2.05) is 0 Å². The summed E-state index contributed by atoms with van der Waals surface area (Å²) in [4.78, 5) is 0. The lowest BCUT2D eigenvalue weighted by atomic mass is 9.79. The third-order valence-corrected chi connectivity index (χ3v) is 6.75. The first-order valence-electron chi connectivity index (χ1n) is 11.8. The number of hydrogen-bond acceptors (Lipinski definition) is 1. The molecular weight excluding hydrogens is 466 g/mol. The first-order chi connectivity index (χ1) is 16.7. The molecule has 0 heterocycles. The van der Waals surface area contributed by atoms with E-state index in [4.69, 9.17) is 4.74 Å². The zero-order chi connectivity index (χ0) is 25.2. The number of ether oxygens (including phenoxy) is 1. The Balaban J connectivity index is 1.48. The predicted octanol–water partition coefficient (Wildman–Crippen LogP) is 9.16. The van der Waals surface area contributed by atoms with Gasteiger partial charge in [-0.15, -0.1) is 0 Å². The van der Waals surface area contributed by atoms with Gasteiger partial charge in [-0.2, -0.15) is 8.78 Å². The molecule has 0 aromatic heterocycles. The van der Waals surface area contributed by atoms with Gasteiger partial charge in [0.15, 0.2) is 23.3 Å². The lowest BCUT2D eigenvalue weighted by Crippen LogP contribution is -2.37. The molecule has 0 radical (unpaired) electrons. The van der Waals surface area contributed by atoms with Crippen LogP contribution in [0.3, 0.4) is 0 Å². The SMILES string of the molecule is CCCC1CCC(C(F)(F)Oc2ccc(-c3ccc(-c4ccc(F)c(F)c4)c(F)c3F)cc2)CC1. The van der Waals surface area contributed by atoms with Crippen LogP contribution >= 0.6 is 0 Å². The van der Waals surface area contributed by atoms with Gasteiger partial charge in [0.05, 0.1) is 5.92 Å². The Morgan fingerprint density at radius 1 is 0.743 bits per heavy atom. The van der Waals surface area contributed by atoms with E-state index >= 15 is 0 Å². The van der Waals surface area contributed by atoms with Gasteiger partial charge in [0.1, 0.15) is 5.75 Å². The molecule has 7 heteroatoms. The fraction of sp³-hybridized carbons (Fsp3) is 0.357. The quantitative estimate of drug-likeness (QED) is 0.299. The molecule has 35 heavy (non-hydrogen) atoms. The van der Waals surface area contributed by atoms with Gasteiger partial charge in [-0.3, -0.25) is 0 Å². The maximum absolute atomic E-state index is 14.8. The molecule has 0 unspecified atom stereocenters. The van der Waals surface area contributed by atoms with Crippen molar-refractivity contribution in [3.05, 3.63) is 77.9 Å². The molecule has 0 N–H and O–H groups in total. The van der Waals surface area contributed by atoms with E-state index in [1.165, 1.54) is 36.4 Å². The number of rotatable bonds is 7. The van der Waals surface area contributed by atoms with Gasteiger partial charge in [0.25, 0.3) is 0 Å². The highest BCUT2D eigenvalue weighted by Gasteiger charge is 2.43. The molecule has 0 aliphatic heterocycles. The van der Waals surface area contributed by atoms with Gasteiger partial charge >= 0.3 is 6.11 Å². The topological polar surface area (TPSA) is 9.23 Å². The summed E-state index contributed by atoms with van der Waals surface area (Å²) in [6.07, 6.45) is 1.13. The van der Waals surface area contributed by atoms with Gasteiger partial charge < -0.3 is 4.74 Å². The lowest BCUT2D eigenvalue weighted by Gasteiger charge is -2.33. The number of hydrogen-bond donors (Lipinski definition) is 0. The molecule has 4 rings (SSSR count). The number of benzene rings is 3. The minimum absolute atomic E-state index is 0.0124. The first kappa shape index (κ1) is 25.1. The summed E-state index contributed by atoms with van der Waals surface area (Å²) >= 11 is 0. The highest BCUT2D eigenvalue weighted by molar-refractivity contribution is 5.72. The number of halogens is 6. The van der Waals surface area contributed by atoms with E-state index in [-0.39, 0.29) is 28.0 Å². The summed E-state index contributed by atoms with van der Waals surface area (Å²) in [7, 11) is 0. The second-order valence-corrected chi connectivity index (χ2v) is 9.11. The Morgan fingerprint density at radius 2 is 1.31 bits per heavy atom. The van der Waals surface area contributed by atoms with Crippen molar-refractivity contribution in [2.24, 2.45) is 11.8 Å². The summed E-state index contributed by atoms with van der Waals surface area (Å²) in [5.74, 6) is -5.10. The van der Waals surface area contributed by atoms with E-state index in [0.29, 0.717) is 18.8 Å². The van der Waals surface area contributed by atoms with Crippen molar-refractivity contribution in [2.75, 3.05) is 0 Å². The summed E-state index contributed by atoms with van der Waals surface area (Å²) in [6, 6.07) is 10.7. The molecule has 3 aromatic carbocycles. The average molecular weight is 493 g/mol. The lowest BCUT2D eigenvalue weighted by molar-refractivity contribution is -0.223. The molecular formula is C28H26F6O. The molecule has 1 fully saturated rings. The van der Waals surface area contributed by atoms with E-state index in [1.54, 1.807) is 0 Å². The molecule has 0 saturated heterocycles. The van der Waals surface area contributed by atoms with Crippen molar-refractivity contribution in [1.82, 2.24) is 0 Å². The van der Waals surface area contributed by atoms with Crippen molar-refractivity contribution in [2.45, 2.75) is 51.6 Å². The molecule has 0 spiro atoms. The van der Waals surface area contributed by atoms with Crippen LogP contribution < -0.4 is 4.74 Å². The maximum atomic E-state index is 14.8. The molecule has 0 amide bonds. The van der Waals surface area contributed by atoms with E-state index < -0.39 is 35.3 Å². The third-order valence-electron chi connectivity index (χ3n) is 6.75. The summed E-state index contributed by atoms with van der Waals surface area (Å²) in [5, 5.41) is 0. The molecule has 1 aliphatic rings. The number of alkyl halides is 2. The van der Waals surface area contributed by atoms with Gasteiger partial charge in [-0.05, 0) is 67.0 Å². The average Bonchev–Trinajstić information content (AvgIpc) is 2.84. The fourth-order valence-electron chi connectivity index (χ4n) is 4.80. The minimum Gasteiger partial charge on any atom is -0.432 e. The smallest absolute Gasteiger partial charge is 0.400 e. The van der Waals surface area contributed by atoms with Gasteiger partial charge in [0.2, 0.25) is 0 Å². The van der Waals surface area contributed by atoms with Crippen LogP contribution in [0.2, 0.25) is 0 Å². The highest BCUT2D eigenvalue weighted by atomic mass is 19.3. The Kier molecular flexibility index (Phi) is 7.43. The van der Waals surface area contributed by atoms with E-state index in [2.05, 4.69) is 6.92 Å². The van der Waals surface area contributed by atoms with Crippen LogP contribution in [0.5, 0.6) is 5.75 Å². The fourth-order valence-corrected chi connectivity index (χ4v) is 4.80. The van der Waals surface area contributed by atoms with Crippen molar-refractivity contribution < 1.29 is 31.1 Å². The van der Waals surface area contributed by atoms with Crippen LogP contribution in [0, 0.1) is 35.1 Å². The normalized spacial score (nSPS) is 18.5. The summed E-state index contributed by atoms with van der Waals surface area (Å²) in [5.41, 5.74) is -0.0738. The van der Waals surface area contributed by atoms with Gasteiger partial charge in [-0.1, -0.05) is 50.1 Å². The van der Waals surface area contributed by atoms with Crippen LogP contribution in [-0.4, -0.2) is 6.11 Å².